The van der Waals surface area contributed by atoms with Crippen molar-refractivity contribution in [2.75, 3.05) is 13.2 Å². The van der Waals surface area contributed by atoms with Crippen molar-refractivity contribution in [2.24, 2.45) is 0 Å². The average molecular weight is 330 g/mol. The Labute approximate surface area is 136 Å². The molecule has 0 aromatic carbocycles. The van der Waals surface area contributed by atoms with E-state index in [1.54, 1.807) is 40.7 Å². The largest absolute Gasteiger partial charge is 0.463 e. The van der Waals surface area contributed by atoms with Gasteiger partial charge >= 0.3 is 5.97 Å². The molecular weight excluding hydrogens is 304 g/mol. The lowest BCUT2D eigenvalue weighted by molar-refractivity contribution is -0.178. The normalized spacial score (nSPS) is 33.9. The summed E-state index contributed by atoms with van der Waals surface area (Å²) in [5.74, 6) is -2.07. The van der Waals surface area contributed by atoms with Crippen molar-refractivity contribution in [3.05, 3.63) is 12.2 Å². The SMILES string of the molecule is CCOC(=O)/C=C\[C@@H]1OC(C)(C)O[C@@H]1[C@H](O)[C@H]1COC(C)(C)O1. The van der Waals surface area contributed by atoms with Crippen molar-refractivity contribution < 1.29 is 33.6 Å². The molecule has 2 aliphatic rings. The molecule has 23 heavy (non-hydrogen) atoms. The molecule has 0 aromatic heterocycles. The van der Waals surface area contributed by atoms with E-state index in [4.69, 9.17) is 23.7 Å². The van der Waals surface area contributed by atoms with Crippen LogP contribution in [0.5, 0.6) is 0 Å². The number of aliphatic hydroxyl groups is 1. The van der Waals surface area contributed by atoms with Gasteiger partial charge in [0.1, 0.15) is 24.4 Å². The average Bonchev–Trinajstić information content (AvgIpc) is 2.95. The lowest BCUT2D eigenvalue weighted by atomic mass is 10.0. The maximum atomic E-state index is 11.5. The van der Waals surface area contributed by atoms with Crippen molar-refractivity contribution >= 4 is 5.97 Å². The van der Waals surface area contributed by atoms with E-state index in [-0.39, 0.29) is 6.61 Å². The van der Waals surface area contributed by atoms with Gasteiger partial charge in [0.05, 0.1) is 13.2 Å². The van der Waals surface area contributed by atoms with Gasteiger partial charge in [0.2, 0.25) is 0 Å². The van der Waals surface area contributed by atoms with Crippen molar-refractivity contribution in [1.29, 1.82) is 0 Å². The van der Waals surface area contributed by atoms with E-state index in [2.05, 4.69) is 0 Å². The number of ether oxygens (including phenoxy) is 5. The molecule has 0 unspecified atom stereocenters. The summed E-state index contributed by atoms with van der Waals surface area (Å²) in [6.45, 7) is 9.37. The molecule has 0 aliphatic carbocycles. The Balaban J connectivity index is 2.06. The molecule has 2 fully saturated rings. The second-order valence-electron chi connectivity index (χ2n) is 6.53. The summed E-state index contributed by atoms with van der Waals surface area (Å²) >= 11 is 0. The lowest BCUT2D eigenvalue weighted by Crippen LogP contribution is -2.44. The first-order valence-corrected chi connectivity index (χ1v) is 7.84. The molecule has 0 amide bonds. The summed E-state index contributed by atoms with van der Waals surface area (Å²) in [6.07, 6.45) is 0.104. The van der Waals surface area contributed by atoms with E-state index in [1.165, 1.54) is 6.08 Å². The summed E-state index contributed by atoms with van der Waals surface area (Å²) in [5, 5.41) is 10.6. The maximum absolute atomic E-state index is 11.5. The first-order chi connectivity index (χ1) is 10.6. The van der Waals surface area contributed by atoms with Gasteiger partial charge in [-0.25, -0.2) is 4.79 Å². The summed E-state index contributed by atoms with van der Waals surface area (Å²) in [5.41, 5.74) is 0. The summed E-state index contributed by atoms with van der Waals surface area (Å²) in [7, 11) is 0. The highest BCUT2D eigenvalue weighted by molar-refractivity contribution is 5.81. The number of aliphatic hydroxyl groups excluding tert-OH is 1. The van der Waals surface area contributed by atoms with Gasteiger partial charge in [0.25, 0.3) is 0 Å². The molecule has 4 atom stereocenters. The topological polar surface area (TPSA) is 83.5 Å². The first kappa shape index (κ1) is 18.4. The van der Waals surface area contributed by atoms with Crippen LogP contribution < -0.4 is 0 Å². The molecule has 2 heterocycles. The quantitative estimate of drug-likeness (QED) is 0.598. The van der Waals surface area contributed by atoms with Crippen molar-refractivity contribution in [3.63, 3.8) is 0 Å². The smallest absolute Gasteiger partial charge is 0.330 e. The minimum Gasteiger partial charge on any atom is -0.463 e. The second-order valence-corrected chi connectivity index (χ2v) is 6.53. The number of esters is 1. The van der Waals surface area contributed by atoms with Gasteiger partial charge < -0.3 is 28.8 Å². The Morgan fingerprint density at radius 2 is 1.96 bits per heavy atom. The van der Waals surface area contributed by atoms with E-state index in [9.17, 15) is 9.90 Å². The fraction of sp³-hybridized carbons (Fsp3) is 0.812. The predicted molar refractivity (Wildman–Crippen MR) is 80.5 cm³/mol. The molecule has 7 nitrogen and oxygen atoms in total. The molecule has 2 aliphatic heterocycles. The van der Waals surface area contributed by atoms with E-state index in [0.29, 0.717) is 6.61 Å². The molecule has 2 saturated heterocycles. The fourth-order valence-corrected chi connectivity index (χ4v) is 2.69. The first-order valence-electron chi connectivity index (χ1n) is 7.84. The molecule has 7 heteroatoms. The number of hydrogen-bond donors (Lipinski definition) is 1. The van der Waals surface area contributed by atoms with Crippen LogP contribution in [0.25, 0.3) is 0 Å². The molecule has 132 valence electrons. The minimum atomic E-state index is -0.949. The number of rotatable bonds is 5. The van der Waals surface area contributed by atoms with Crippen LogP contribution in [0, 0.1) is 0 Å². The third-order valence-corrected chi connectivity index (χ3v) is 3.62. The fourth-order valence-electron chi connectivity index (χ4n) is 2.69. The predicted octanol–water partition coefficient (Wildman–Crippen LogP) is 1.14. The molecule has 0 radical (unpaired) electrons. The maximum Gasteiger partial charge on any atom is 0.330 e. The van der Waals surface area contributed by atoms with E-state index >= 15 is 0 Å². The highest BCUT2D eigenvalue weighted by Gasteiger charge is 2.49. The lowest BCUT2D eigenvalue weighted by Gasteiger charge is -2.26. The van der Waals surface area contributed by atoms with Crippen LogP contribution in [0.15, 0.2) is 12.2 Å². The van der Waals surface area contributed by atoms with E-state index in [0.717, 1.165) is 0 Å². The molecule has 0 spiro atoms. The van der Waals surface area contributed by atoms with Crippen LogP contribution in [0.2, 0.25) is 0 Å². The third kappa shape index (κ3) is 4.74. The number of carbonyl (C=O) groups excluding carboxylic acids is 1. The molecule has 0 saturated carbocycles. The zero-order valence-corrected chi connectivity index (χ0v) is 14.3. The number of hydrogen-bond acceptors (Lipinski definition) is 7. The van der Waals surface area contributed by atoms with Gasteiger partial charge in [-0.15, -0.1) is 0 Å². The standard InChI is InChI=1S/C16H26O7/c1-6-19-12(17)8-7-10-14(23-16(4,5)21-10)13(18)11-9-20-15(2,3)22-11/h7-8,10-11,13-14,18H,6,9H2,1-5H3/b8-7-/t10-,11+,13+,14-/m0/s1. The monoisotopic (exact) mass is 330 g/mol. The van der Waals surface area contributed by atoms with E-state index in [1.807, 2.05) is 0 Å². The van der Waals surface area contributed by atoms with Crippen molar-refractivity contribution in [3.8, 4) is 0 Å². The zero-order valence-electron chi connectivity index (χ0n) is 14.3. The van der Waals surface area contributed by atoms with Gasteiger partial charge in [-0.3, -0.25) is 0 Å². The highest BCUT2D eigenvalue weighted by atomic mass is 16.8. The molecule has 0 bridgehead atoms. The molecule has 0 aromatic rings. The van der Waals surface area contributed by atoms with Gasteiger partial charge in [0, 0.05) is 6.08 Å². The summed E-state index contributed by atoms with van der Waals surface area (Å²) < 4.78 is 27.5. The Bertz CT molecular complexity index is 457. The Morgan fingerprint density at radius 1 is 1.26 bits per heavy atom. The zero-order chi connectivity index (χ0) is 17.3. The number of carbonyl (C=O) groups is 1. The van der Waals surface area contributed by atoms with E-state index < -0.39 is 42.0 Å². The van der Waals surface area contributed by atoms with Crippen molar-refractivity contribution in [2.45, 2.75) is 70.6 Å². The molecule has 2 rings (SSSR count). The van der Waals surface area contributed by atoms with Crippen LogP contribution in [0.3, 0.4) is 0 Å². The van der Waals surface area contributed by atoms with Crippen LogP contribution in [0.1, 0.15) is 34.6 Å². The Morgan fingerprint density at radius 3 is 2.52 bits per heavy atom. The van der Waals surface area contributed by atoms with Gasteiger partial charge in [-0.1, -0.05) is 0 Å². The van der Waals surface area contributed by atoms with Crippen LogP contribution >= 0.6 is 0 Å². The molecular formula is C16H26O7. The third-order valence-electron chi connectivity index (χ3n) is 3.62. The van der Waals surface area contributed by atoms with Crippen LogP contribution in [0.4, 0.5) is 0 Å². The highest BCUT2D eigenvalue weighted by Crippen LogP contribution is 2.34. The van der Waals surface area contributed by atoms with Gasteiger partial charge in [-0.2, -0.15) is 0 Å². The minimum absolute atomic E-state index is 0.267. The Hall–Kier alpha value is -0.990. The summed E-state index contributed by atoms with van der Waals surface area (Å²) in [6, 6.07) is 0. The second kappa shape index (κ2) is 6.86. The molecule has 1 N–H and O–H groups in total. The van der Waals surface area contributed by atoms with Crippen molar-refractivity contribution in [1.82, 2.24) is 0 Å². The Kier molecular flexibility index (Phi) is 5.48. The summed E-state index contributed by atoms with van der Waals surface area (Å²) in [4.78, 5) is 11.5. The van der Waals surface area contributed by atoms with Crippen LogP contribution in [-0.2, 0) is 28.5 Å². The van der Waals surface area contributed by atoms with Crippen LogP contribution in [-0.4, -0.2) is 60.3 Å². The van der Waals surface area contributed by atoms with Gasteiger partial charge in [0.15, 0.2) is 11.6 Å². The van der Waals surface area contributed by atoms with Gasteiger partial charge in [-0.05, 0) is 40.7 Å².